The molecule has 1 heterocycles. The number of thioether (sulfide) groups is 1. The zero-order valence-electron chi connectivity index (χ0n) is 10.4. The molecule has 2 N–H and O–H groups in total. The number of nitrogens with zero attached hydrogens (tertiary/aromatic N) is 1. The summed E-state index contributed by atoms with van der Waals surface area (Å²) in [7, 11) is 0. The van der Waals surface area contributed by atoms with Crippen LogP contribution in [0.15, 0.2) is 35.4 Å². The van der Waals surface area contributed by atoms with Gasteiger partial charge in [-0.25, -0.2) is 0 Å². The average Bonchev–Trinajstić information content (AvgIpc) is 2.81. The van der Waals surface area contributed by atoms with Crippen LogP contribution in [-0.2, 0) is 6.54 Å². The van der Waals surface area contributed by atoms with E-state index in [1.807, 2.05) is 37.4 Å². The van der Waals surface area contributed by atoms with Crippen molar-refractivity contribution < 1.29 is 4.79 Å². The van der Waals surface area contributed by atoms with E-state index in [0.717, 1.165) is 16.2 Å². The minimum atomic E-state index is -0.0664. The van der Waals surface area contributed by atoms with Gasteiger partial charge in [0.1, 0.15) is 0 Å². The molecular weight excluding hydrogens is 246 g/mol. The van der Waals surface area contributed by atoms with Crippen molar-refractivity contribution in [3.05, 3.63) is 47.3 Å². The molecular formula is C13H15N3OS. The highest BCUT2D eigenvalue weighted by atomic mass is 32.2. The Bertz CT molecular complexity index is 533. The van der Waals surface area contributed by atoms with Crippen molar-refractivity contribution in [3.8, 4) is 0 Å². The van der Waals surface area contributed by atoms with Gasteiger partial charge in [0.25, 0.3) is 5.91 Å². The second-order valence-corrected chi connectivity index (χ2v) is 4.81. The number of hydrogen-bond acceptors (Lipinski definition) is 3. The number of nitrogens with one attached hydrogen (secondary N) is 2. The van der Waals surface area contributed by atoms with Crippen molar-refractivity contribution in [1.82, 2.24) is 15.5 Å². The molecule has 1 aromatic carbocycles. The van der Waals surface area contributed by atoms with Crippen LogP contribution in [0, 0.1) is 6.92 Å². The second kappa shape index (κ2) is 5.73. The van der Waals surface area contributed by atoms with E-state index in [-0.39, 0.29) is 5.91 Å². The molecule has 0 saturated carbocycles. The molecule has 0 unspecified atom stereocenters. The number of aromatic amines is 1. The molecule has 2 rings (SSSR count). The minimum absolute atomic E-state index is 0.0664. The largest absolute Gasteiger partial charge is 0.348 e. The van der Waals surface area contributed by atoms with Crippen LogP contribution in [0.4, 0.5) is 0 Å². The highest BCUT2D eigenvalue weighted by Crippen LogP contribution is 2.14. The normalized spacial score (nSPS) is 10.3. The standard InChI is InChI=1S/C13H15N3OS/c1-9-11(8-15-16-9)7-14-13(17)10-3-5-12(18-2)6-4-10/h3-6,8H,7H2,1-2H3,(H,14,17)(H,15,16). The summed E-state index contributed by atoms with van der Waals surface area (Å²) in [5.41, 5.74) is 2.66. The van der Waals surface area contributed by atoms with E-state index in [0.29, 0.717) is 12.1 Å². The van der Waals surface area contributed by atoms with Gasteiger partial charge in [0.2, 0.25) is 0 Å². The summed E-state index contributed by atoms with van der Waals surface area (Å²) in [6, 6.07) is 7.57. The lowest BCUT2D eigenvalue weighted by atomic mass is 10.2. The number of H-pyrrole nitrogens is 1. The van der Waals surface area contributed by atoms with E-state index in [1.165, 1.54) is 0 Å². The first-order valence-corrected chi connectivity index (χ1v) is 6.84. The summed E-state index contributed by atoms with van der Waals surface area (Å²) in [6.45, 7) is 2.42. The molecule has 94 valence electrons. The molecule has 0 aliphatic heterocycles. The number of hydrogen-bond donors (Lipinski definition) is 2. The second-order valence-electron chi connectivity index (χ2n) is 3.93. The summed E-state index contributed by atoms with van der Waals surface area (Å²) >= 11 is 1.66. The van der Waals surface area contributed by atoms with Crippen molar-refractivity contribution in [1.29, 1.82) is 0 Å². The van der Waals surface area contributed by atoms with Crippen molar-refractivity contribution >= 4 is 17.7 Å². The molecule has 4 nitrogen and oxygen atoms in total. The third kappa shape index (κ3) is 2.92. The first kappa shape index (κ1) is 12.7. The number of carbonyl (C=O) groups is 1. The highest BCUT2D eigenvalue weighted by molar-refractivity contribution is 7.98. The maximum Gasteiger partial charge on any atom is 0.251 e. The van der Waals surface area contributed by atoms with Crippen LogP contribution in [0.2, 0.25) is 0 Å². The summed E-state index contributed by atoms with van der Waals surface area (Å²) in [5, 5.41) is 9.63. The number of aromatic nitrogens is 2. The fourth-order valence-corrected chi connectivity index (χ4v) is 1.98. The molecule has 5 heteroatoms. The Kier molecular flexibility index (Phi) is 4.04. The zero-order chi connectivity index (χ0) is 13.0. The molecule has 0 aliphatic carbocycles. The van der Waals surface area contributed by atoms with Gasteiger partial charge in [-0.05, 0) is 37.4 Å². The van der Waals surface area contributed by atoms with Gasteiger partial charge in [-0.2, -0.15) is 5.10 Å². The monoisotopic (exact) mass is 261 g/mol. The van der Waals surface area contributed by atoms with E-state index in [1.54, 1.807) is 18.0 Å². The summed E-state index contributed by atoms with van der Waals surface area (Å²) in [4.78, 5) is 13.1. The van der Waals surface area contributed by atoms with Crippen LogP contribution in [0.3, 0.4) is 0 Å². The SMILES string of the molecule is CSc1ccc(C(=O)NCc2cn[nH]c2C)cc1. The van der Waals surface area contributed by atoms with E-state index in [4.69, 9.17) is 0 Å². The zero-order valence-corrected chi connectivity index (χ0v) is 11.2. The van der Waals surface area contributed by atoms with Gasteiger partial charge in [-0.15, -0.1) is 11.8 Å². The summed E-state index contributed by atoms with van der Waals surface area (Å²) < 4.78 is 0. The Morgan fingerprint density at radius 1 is 1.39 bits per heavy atom. The molecule has 0 saturated heterocycles. The molecule has 1 aromatic heterocycles. The first-order valence-electron chi connectivity index (χ1n) is 5.62. The number of rotatable bonds is 4. The van der Waals surface area contributed by atoms with Crippen molar-refractivity contribution in [3.63, 3.8) is 0 Å². The lowest BCUT2D eigenvalue weighted by Crippen LogP contribution is -2.22. The van der Waals surface area contributed by atoms with Gasteiger partial charge in [0, 0.05) is 28.3 Å². The van der Waals surface area contributed by atoms with Crippen LogP contribution < -0.4 is 5.32 Å². The molecule has 1 amide bonds. The van der Waals surface area contributed by atoms with Crippen LogP contribution in [-0.4, -0.2) is 22.4 Å². The van der Waals surface area contributed by atoms with Crippen molar-refractivity contribution in [2.75, 3.05) is 6.26 Å². The summed E-state index contributed by atoms with van der Waals surface area (Å²) in [6.07, 6.45) is 3.74. The maximum absolute atomic E-state index is 11.9. The smallest absolute Gasteiger partial charge is 0.251 e. The predicted molar refractivity (Wildman–Crippen MR) is 72.7 cm³/mol. The van der Waals surface area contributed by atoms with Crippen molar-refractivity contribution in [2.24, 2.45) is 0 Å². The third-order valence-electron chi connectivity index (χ3n) is 2.73. The Balaban J connectivity index is 1.97. The predicted octanol–water partition coefficient (Wildman–Crippen LogP) is 2.37. The lowest BCUT2D eigenvalue weighted by Gasteiger charge is -2.05. The Labute approximate surface area is 110 Å². The van der Waals surface area contributed by atoms with E-state index in [9.17, 15) is 4.79 Å². The van der Waals surface area contributed by atoms with Gasteiger partial charge in [-0.1, -0.05) is 0 Å². The fourth-order valence-electron chi connectivity index (χ4n) is 1.57. The van der Waals surface area contributed by atoms with E-state index in [2.05, 4.69) is 15.5 Å². The van der Waals surface area contributed by atoms with Crippen molar-refractivity contribution in [2.45, 2.75) is 18.4 Å². The maximum atomic E-state index is 11.9. The Hall–Kier alpha value is -1.75. The molecule has 0 aliphatic rings. The van der Waals surface area contributed by atoms with Crippen LogP contribution in [0.1, 0.15) is 21.6 Å². The quantitative estimate of drug-likeness (QED) is 0.831. The van der Waals surface area contributed by atoms with Gasteiger partial charge in [0.05, 0.1) is 6.20 Å². The molecule has 0 spiro atoms. The average molecular weight is 261 g/mol. The topological polar surface area (TPSA) is 57.8 Å². The van der Waals surface area contributed by atoms with E-state index < -0.39 is 0 Å². The minimum Gasteiger partial charge on any atom is -0.348 e. The number of benzene rings is 1. The lowest BCUT2D eigenvalue weighted by molar-refractivity contribution is 0.0951. The van der Waals surface area contributed by atoms with Crippen LogP contribution >= 0.6 is 11.8 Å². The molecule has 0 bridgehead atoms. The van der Waals surface area contributed by atoms with Crippen LogP contribution in [0.25, 0.3) is 0 Å². The number of carbonyl (C=O) groups excluding carboxylic acids is 1. The Morgan fingerprint density at radius 3 is 2.67 bits per heavy atom. The molecule has 18 heavy (non-hydrogen) atoms. The van der Waals surface area contributed by atoms with Gasteiger partial charge in [-0.3, -0.25) is 9.89 Å². The molecule has 0 atom stereocenters. The van der Waals surface area contributed by atoms with Gasteiger partial charge >= 0.3 is 0 Å². The highest BCUT2D eigenvalue weighted by Gasteiger charge is 2.06. The fraction of sp³-hybridized carbons (Fsp3) is 0.231. The number of aryl methyl sites for hydroxylation is 1. The molecule has 2 aromatic rings. The first-order chi connectivity index (χ1) is 8.70. The molecule has 0 radical (unpaired) electrons. The van der Waals surface area contributed by atoms with Gasteiger partial charge < -0.3 is 5.32 Å². The third-order valence-corrected chi connectivity index (χ3v) is 3.47. The number of amides is 1. The molecule has 0 fully saturated rings. The summed E-state index contributed by atoms with van der Waals surface area (Å²) in [5.74, 6) is -0.0664. The Morgan fingerprint density at radius 2 is 2.11 bits per heavy atom. The van der Waals surface area contributed by atoms with Gasteiger partial charge in [0.15, 0.2) is 0 Å². The van der Waals surface area contributed by atoms with Crippen LogP contribution in [0.5, 0.6) is 0 Å². The van der Waals surface area contributed by atoms with E-state index >= 15 is 0 Å².